The second kappa shape index (κ2) is 7.09. The summed E-state index contributed by atoms with van der Waals surface area (Å²) >= 11 is 0. The van der Waals surface area contributed by atoms with Crippen LogP contribution in [0, 0.1) is 0 Å². The predicted octanol–water partition coefficient (Wildman–Crippen LogP) is 3.16. The average molecular weight is 268 g/mol. The topological polar surface area (TPSA) is 43.2 Å². The molecule has 0 amide bonds. The highest BCUT2D eigenvalue weighted by Crippen LogP contribution is 2.16. The zero-order valence-electron chi connectivity index (χ0n) is 11.5. The highest BCUT2D eigenvalue weighted by atomic mass is 16.5. The van der Waals surface area contributed by atoms with Crippen molar-refractivity contribution >= 4 is 12.4 Å². The Balaban J connectivity index is 2.11. The van der Waals surface area contributed by atoms with Gasteiger partial charge in [0.25, 0.3) is 0 Å². The van der Waals surface area contributed by atoms with E-state index in [1.54, 1.807) is 26.6 Å². The minimum absolute atomic E-state index is 0.767. The predicted molar refractivity (Wildman–Crippen MR) is 81.2 cm³/mol. The lowest BCUT2D eigenvalue weighted by Gasteiger charge is -2.02. The molecule has 0 heterocycles. The van der Waals surface area contributed by atoms with Gasteiger partial charge in [0.1, 0.15) is 11.5 Å². The number of hydrogen-bond donors (Lipinski definition) is 0. The minimum atomic E-state index is 0.767. The molecule has 102 valence electrons. The van der Waals surface area contributed by atoms with Crippen LogP contribution < -0.4 is 9.47 Å². The molecule has 0 saturated carbocycles. The van der Waals surface area contributed by atoms with Crippen LogP contribution in [0.25, 0.3) is 0 Å². The molecule has 0 aliphatic rings. The summed E-state index contributed by atoms with van der Waals surface area (Å²) < 4.78 is 10.5. The molecule has 0 aliphatic heterocycles. The summed E-state index contributed by atoms with van der Waals surface area (Å²) in [5, 5.41) is 8.06. The van der Waals surface area contributed by atoms with E-state index in [2.05, 4.69) is 10.2 Å². The summed E-state index contributed by atoms with van der Waals surface area (Å²) in [4.78, 5) is 0. The van der Waals surface area contributed by atoms with E-state index in [4.69, 9.17) is 9.47 Å². The molecule has 0 aliphatic carbocycles. The van der Waals surface area contributed by atoms with Crippen molar-refractivity contribution in [1.82, 2.24) is 0 Å². The Labute approximate surface area is 118 Å². The zero-order valence-corrected chi connectivity index (χ0v) is 11.5. The molecule has 0 atom stereocenters. The summed E-state index contributed by atoms with van der Waals surface area (Å²) in [6.45, 7) is 0. The summed E-state index contributed by atoms with van der Waals surface area (Å²) in [7, 11) is 3.26. The first-order chi connectivity index (χ1) is 9.85. The van der Waals surface area contributed by atoms with Gasteiger partial charge in [-0.3, -0.25) is 0 Å². The lowest BCUT2D eigenvalue weighted by atomic mass is 10.2. The Morgan fingerprint density at radius 2 is 1.10 bits per heavy atom. The standard InChI is InChI=1S/C16H16N2O2/c1-19-15-9-5-3-7-13(15)11-17-18-12-14-8-4-6-10-16(14)20-2/h3-12H,1-2H3/b17-11+,18-12?. The molecule has 4 nitrogen and oxygen atoms in total. The van der Waals surface area contributed by atoms with Crippen LogP contribution in [0.3, 0.4) is 0 Å². The molecule has 0 radical (unpaired) electrons. The Kier molecular flexibility index (Phi) is 4.89. The van der Waals surface area contributed by atoms with E-state index in [9.17, 15) is 0 Å². The van der Waals surface area contributed by atoms with Crippen molar-refractivity contribution in [3.63, 3.8) is 0 Å². The fraction of sp³-hybridized carbons (Fsp3) is 0.125. The molecule has 0 spiro atoms. The molecular weight excluding hydrogens is 252 g/mol. The molecular formula is C16H16N2O2. The maximum Gasteiger partial charge on any atom is 0.127 e. The number of ether oxygens (including phenoxy) is 2. The number of methoxy groups -OCH3 is 2. The van der Waals surface area contributed by atoms with Gasteiger partial charge >= 0.3 is 0 Å². The summed E-state index contributed by atoms with van der Waals surface area (Å²) in [5.41, 5.74) is 1.76. The Bertz CT molecular complexity index is 566. The van der Waals surface area contributed by atoms with Crippen molar-refractivity contribution in [1.29, 1.82) is 0 Å². The van der Waals surface area contributed by atoms with E-state index >= 15 is 0 Å². The molecule has 2 rings (SSSR count). The van der Waals surface area contributed by atoms with Crippen molar-refractivity contribution in [2.45, 2.75) is 0 Å². The van der Waals surface area contributed by atoms with Gasteiger partial charge in [0, 0.05) is 11.1 Å². The second-order valence-corrected chi connectivity index (χ2v) is 3.97. The molecule has 0 N–H and O–H groups in total. The SMILES string of the molecule is COc1ccccc1C=N/N=C/c1ccccc1OC. The van der Waals surface area contributed by atoms with Crippen LogP contribution in [0.4, 0.5) is 0 Å². The first-order valence-corrected chi connectivity index (χ1v) is 6.17. The van der Waals surface area contributed by atoms with Gasteiger partial charge in [-0.1, -0.05) is 24.3 Å². The van der Waals surface area contributed by atoms with Crippen molar-refractivity contribution in [2.24, 2.45) is 10.2 Å². The second-order valence-electron chi connectivity index (χ2n) is 3.97. The first-order valence-electron chi connectivity index (χ1n) is 6.17. The van der Waals surface area contributed by atoms with E-state index in [0.717, 1.165) is 22.6 Å². The molecule has 20 heavy (non-hydrogen) atoms. The van der Waals surface area contributed by atoms with Crippen LogP contribution in [-0.4, -0.2) is 26.6 Å². The van der Waals surface area contributed by atoms with Gasteiger partial charge in [-0.2, -0.15) is 10.2 Å². The molecule has 4 heteroatoms. The van der Waals surface area contributed by atoms with Crippen LogP contribution in [0.2, 0.25) is 0 Å². The van der Waals surface area contributed by atoms with Gasteiger partial charge in [0.15, 0.2) is 0 Å². The lowest BCUT2D eigenvalue weighted by molar-refractivity contribution is 0.414. The zero-order chi connectivity index (χ0) is 14.2. The minimum Gasteiger partial charge on any atom is -0.496 e. The van der Waals surface area contributed by atoms with Crippen molar-refractivity contribution in [3.8, 4) is 11.5 Å². The number of para-hydroxylation sites is 2. The molecule has 0 unspecified atom stereocenters. The third-order valence-electron chi connectivity index (χ3n) is 2.74. The Morgan fingerprint density at radius 1 is 0.700 bits per heavy atom. The van der Waals surface area contributed by atoms with Crippen molar-refractivity contribution < 1.29 is 9.47 Å². The molecule has 2 aromatic rings. The van der Waals surface area contributed by atoms with Gasteiger partial charge < -0.3 is 9.47 Å². The largest absolute Gasteiger partial charge is 0.496 e. The highest BCUT2D eigenvalue weighted by molar-refractivity contribution is 5.86. The molecule has 0 saturated heterocycles. The number of hydrogen-bond acceptors (Lipinski definition) is 4. The normalized spacial score (nSPS) is 11.1. The lowest BCUT2D eigenvalue weighted by Crippen LogP contribution is -1.90. The monoisotopic (exact) mass is 268 g/mol. The van der Waals surface area contributed by atoms with E-state index in [1.165, 1.54) is 0 Å². The fourth-order valence-corrected chi connectivity index (χ4v) is 1.74. The van der Waals surface area contributed by atoms with Crippen LogP contribution in [0.1, 0.15) is 11.1 Å². The maximum absolute atomic E-state index is 5.23. The maximum atomic E-state index is 5.23. The molecule has 0 fully saturated rings. The van der Waals surface area contributed by atoms with E-state index in [1.807, 2.05) is 48.5 Å². The van der Waals surface area contributed by atoms with Crippen molar-refractivity contribution in [3.05, 3.63) is 59.7 Å². The van der Waals surface area contributed by atoms with Gasteiger partial charge in [-0.25, -0.2) is 0 Å². The summed E-state index contributed by atoms with van der Waals surface area (Å²) in [5.74, 6) is 1.53. The van der Waals surface area contributed by atoms with Crippen LogP contribution >= 0.6 is 0 Å². The number of rotatable bonds is 5. The fourth-order valence-electron chi connectivity index (χ4n) is 1.74. The molecule has 0 aromatic heterocycles. The Hall–Kier alpha value is -2.62. The molecule has 0 bridgehead atoms. The summed E-state index contributed by atoms with van der Waals surface area (Å²) in [6, 6.07) is 15.3. The third kappa shape index (κ3) is 3.45. The van der Waals surface area contributed by atoms with Crippen LogP contribution in [-0.2, 0) is 0 Å². The van der Waals surface area contributed by atoms with Gasteiger partial charge in [0.2, 0.25) is 0 Å². The quantitative estimate of drug-likeness (QED) is 0.617. The van der Waals surface area contributed by atoms with Gasteiger partial charge in [-0.15, -0.1) is 0 Å². The average Bonchev–Trinajstić information content (AvgIpc) is 2.52. The van der Waals surface area contributed by atoms with Crippen molar-refractivity contribution in [2.75, 3.05) is 14.2 Å². The molecule has 2 aromatic carbocycles. The van der Waals surface area contributed by atoms with Crippen LogP contribution in [0.15, 0.2) is 58.7 Å². The van der Waals surface area contributed by atoms with E-state index < -0.39 is 0 Å². The van der Waals surface area contributed by atoms with Crippen LogP contribution in [0.5, 0.6) is 11.5 Å². The van der Waals surface area contributed by atoms with E-state index in [0.29, 0.717) is 0 Å². The number of nitrogens with zero attached hydrogens (tertiary/aromatic N) is 2. The number of benzene rings is 2. The Morgan fingerprint density at radius 3 is 1.50 bits per heavy atom. The highest BCUT2D eigenvalue weighted by Gasteiger charge is 1.98. The first kappa shape index (κ1) is 13.8. The third-order valence-corrected chi connectivity index (χ3v) is 2.74. The smallest absolute Gasteiger partial charge is 0.127 e. The van der Waals surface area contributed by atoms with E-state index in [-0.39, 0.29) is 0 Å². The van der Waals surface area contributed by atoms with Gasteiger partial charge in [-0.05, 0) is 24.3 Å². The van der Waals surface area contributed by atoms with Gasteiger partial charge in [0.05, 0.1) is 26.6 Å². The summed E-state index contributed by atoms with van der Waals surface area (Å²) in [6.07, 6.45) is 3.31.